The first-order valence-electron chi connectivity index (χ1n) is 6.23. The average Bonchev–Trinajstić information content (AvgIpc) is 2.30. The maximum Gasteiger partial charge on any atom is 0.0346 e. The molecular formula is C16H17BrIN. The van der Waals surface area contributed by atoms with Gasteiger partial charge in [0.25, 0.3) is 0 Å². The van der Waals surface area contributed by atoms with E-state index in [4.69, 9.17) is 5.73 Å². The van der Waals surface area contributed by atoms with E-state index in [0.717, 1.165) is 10.9 Å². The van der Waals surface area contributed by atoms with E-state index in [1.807, 2.05) is 0 Å². The van der Waals surface area contributed by atoms with E-state index in [1.54, 1.807) is 0 Å². The van der Waals surface area contributed by atoms with Gasteiger partial charge in [0.15, 0.2) is 0 Å². The molecule has 0 aliphatic rings. The Labute approximate surface area is 136 Å². The first kappa shape index (κ1) is 15.0. The van der Waals surface area contributed by atoms with Gasteiger partial charge in [0, 0.05) is 14.1 Å². The number of halogens is 2. The van der Waals surface area contributed by atoms with E-state index in [9.17, 15) is 0 Å². The van der Waals surface area contributed by atoms with Crippen LogP contribution < -0.4 is 5.73 Å². The van der Waals surface area contributed by atoms with E-state index in [0.29, 0.717) is 0 Å². The Kier molecular flexibility index (Phi) is 5.03. The molecule has 2 rings (SSSR count). The molecule has 2 N–H and O–H groups in total. The van der Waals surface area contributed by atoms with Crippen LogP contribution in [0.1, 0.15) is 28.3 Å². The molecule has 0 fully saturated rings. The van der Waals surface area contributed by atoms with Gasteiger partial charge < -0.3 is 5.73 Å². The predicted molar refractivity (Wildman–Crippen MR) is 93.4 cm³/mol. The molecule has 0 saturated carbocycles. The summed E-state index contributed by atoms with van der Waals surface area (Å²) >= 11 is 5.86. The zero-order chi connectivity index (χ0) is 14.0. The van der Waals surface area contributed by atoms with Crippen LogP contribution in [-0.4, -0.2) is 0 Å². The lowest BCUT2D eigenvalue weighted by Gasteiger charge is -2.15. The summed E-state index contributed by atoms with van der Waals surface area (Å²) < 4.78 is 2.30. The molecule has 0 bridgehead atoms. The van der Waals surface area contributed by atoms with Crippen molar-refractivity contribution in [1.29, 1.82) is 0 Å². The van der Waals surface area contributed by atoms with Crippen molar-refractivity contribution in [3.8, 4) is 0 Å². The standard InChI is InChI=1S/C16H17BrIN/c1-10-5-11(2)7-12(6-10)8-16(19)14-9-13(17)3-4-15(14)18/h3-7,9,16H,8,19H2,1-2H3. The SMILES string of the molecule is Cc1cc(C)cc(CC(N)c2cc(Br)ccc2I)c1. The maximum atomic E-state index is 6.37. The fourth-order valence-corrected chi connectivity index (χ4v) is 3.46. The summed E-state index contributed by atoms with van der Waals surface area (Å²) in [4.78, 5) is 0. The molecule has 2 aromatic rings. The Morgan fingerprint density at radius 2 is 1.74 bits per heavy atom. The fraction of sp³-hybridized carbons (Fsp3) is 0.250. The van der Waals surface area contributed by atoms with Crippen molar-refractivity contribution in [2.45, 2.75) is 26.3 Å². The second kappa shape index (κ2) is 6.37. The van der Waals surface area contributed by atoms with Crippen LogP contribution in [0, 0.1) is 17.4 Å². The van der Waals surface area contributed by atoms with E-state index in [1.165, 1.54) is 25.8 Å². The van der Waals surface area contributed by atoms with Crippen molar-refractivity contribution in [3.63, 3.8) is 0 Å². The van der Waals surface area contributed by atoms with Crippen LogP contribution in [-0.2, 0) is 6.42 Å². The third-order valence-corrected chi connectivity index (χ3v) is 4.57. The molecule has 0 aromatic heterocycles. The predicted octanol–water partition coefficient (Wildman–Crippen LogP) is 4.91. The highest BCUT2D eigenvalue weighted by molar-refractivity contribution is 14.1. The van der Waals surface area contributed by atoms with Gasteiger partial charge in [0.1, 0.15) is 0 Å². The highest BCUT2D eigenvalue weighted by Crippen LogP contribution is 2.25. The van der Waals surface area contributed by atoms with Crippen LogP contribution in [0.25, 0.3) is 0 Å². The second-order valence-electron chi connectivity index (χ2n) is 4.97. The lowest BCUT2D eigenvalue weighted by molar-refractivity contribution is 0.716. The number of hydrogen-bond donors (Lipinski definition) is 1. The van der Waals surface area contributed by atoms with Gasteiger partial charge in [-0.25, -0.2) is 0 Å². The van der Waals surface area contributed by atoms with Gasteiger partial charge in [0.2, 0.25) is 0 Å². The van der Waals surface area contributed by atoms with Crippen molar-refractivity contribution >= 4 is 38.5 Å². The highest BCUT2D eigenvalue weighted by atomic mass is 127. The van der Waals surface area contributed by atoms with Crippen LogP contribution in [0.5, 0.6) is 0 Å². The summed E-state index contributed by atoms with van der Waals surface area (Å²) in [6.07, 6.45) is 0.870. The third kappa shape index (κ3) is 4.04. The average molecular weight is 430 g/mol. The normalized spacial score (nSPS) is 12.5. The van der Waals surface area contributed by atoms with Crippen LogP contribution in [0.4, 0.5) is 0 Å². The van der Waals surface area contributed by atoms with Gasteiger partial charge in [-0.3, -0.25) is 0 Å². The second-order valence-corrected chi connectivity index (χ2v) is 7.05. The van der Waals surface area contributed by atoms with Crippen LogP contribution in [0.2, 0.25) is 0 Å². The van der Waals surface area contributed by atoms with Gasteiger partial charge in [-0.05, 0) is 72.2 Å². The highest BCUT2D eigenvalue weighted by Gasteiger charge is 2.11. The summed E-state index contributed by atoms with van der Waals surface area (Å²) in [6.45, 7) is 4.26. The van der Waals surface area contributed by atoms with Crippen LogP contribution in [0.15, 0.2) is 40.9 Å². The molecule has 0 amide bonds. The molecule has 0 radical (unpaired) electrons. The summed E-state index contributed by atoms with van der Waals surface area (Å²) in [6, 6.07) is 12.9. The van der Waals surface area contributed by atoms with Gasteiger partial charge in [-0.2, -0.15) is 0 Å². The minimum Gasteiger partial charge on any atom is -0.324 e. The van der Waals surface area contributed by atoms with Gasteiger partial charge in [-0.1, -0.05) is 45.3 Å². The first-order chi connectivity index (χ1) is 8.95. The van der Waals surface area contributed by atoms with E-state index >= 15 is 0 Å². The lowest BCUT2D eigenvalue weighted by Crippen LogP contribution is -2.15. The molecule has 100 valence electrons. The number of aryl methyl sites for hydroxylation is 2. The minimum atomic E-state index is 0.0330. The molecule has 1 atom stereocenters. The Morgan fingerprint density at radius 1 is 1.11 bits per heavy atom. The summed E-state index contributed by atoms with van der Waals surface area (Å²) in [5.74, 6) is 0. The molecule has 0 heterocycles. The van der Waals surface area contributed by atoms with Crippen LogP contribution >= 0.6 is 38.5 Å². The number of nitrogens with two attached hydrogens (primary N) is 1. The number of hydrogen-bond acceptors (Lipinski definition) is 1. The van der Waals surface area contributed by atoms with Crippen molar-refractivity contribution in [2.75, 3.05) is 0 Å². The van der Waals surface area contributed by atoms with Crippen molar-refractivity contribution in [2.24, 2.45) is 5.73 Å². The number of rotatable bonds is 3. The monoisotopic (exact) mass is 429 g/mol. The Balaban J connectivity index is 2.25. The largest absolute Gasteiger partial charge is 0.324 e. The van der Waals surface area contributed by atoms with E-state index in [-0.39, 0.29) is 6.04 Å². The van der Waals surface area contributed by atoms with Crippen molar-refractivity contribution < 1.29 is 0 Å². The molecular weight excluding hydrogens is 413 g/mol. The Bertz CT molecular complexity index is 575. The molecule has 0 spiro atoms. The molecule has 19 heavy (non-hydrogen) atoms. The molecule has 0 aliphatic heterocycles. The molecule has 0 saturated heterocycles. The third-order valence-electron chi connectivity index (χ3n) is 3.09. The van der Waals surface area contributed by atoms with E-state index < -0.39 is 0 Å². The van der Waals surface area contributed by atoms with Gasteiger partial charge in [0.05, 0.1) is 0 Å². The Morgan fingerprint density at radius 3 is 2.37 bits per heavy atom. The van der Waals surface area contributed by atoms with Crippen LogP contribution in [0.3, 0.4) is 0 Å². The summed E-state index contributed by atoms with van der Waals surface area (Å²) in [7, 11) is 0. The first-order valence-corrected chi connectivity index (χ1v) is 8.10. The molecule has 2 aromatic carbocycles. The lowest BCUT2D eigenvalue weighted by atomic mass is 9.97. The number of benzene rings is 2. The summed E-state index contributed by atoms with van der Waals surface area (Å²) in [5, 5.41) is 0. The molecule has 1 nitrogen and oxygen atoms in total. The van der Waals surface area contributed by atoms with Crippen molar-refractivity contribution in [3.05, 3.63) is 66.7 Å². The quantitative estimate of drug-likeness (QED) is 0.689. The van der Waals surface area contributed by atoms with E-state index in [2.05, 4.69) is 88.8 Å². The topological polar surface area (TPSA) is 26.0 Å². The maximum absolute atomic E-state index is 6.37. The summed E-state index contributed by atoms with van der Waals surface area (Å²) in [5.41, 5.74) is 11.5. The van der Waals surface area contributed by atoms with Gasteiger partial charge >= 0.3 is 0 Å². The van der Waals surface area contributed by atoms with Crippen molar-refractivity contribution in [1.82, 2.24) is 0 Å². The fourth-order valence-electron chi connectivity index (χ4n) is 2.35. The zero-order valence-electron chi connectivity index (χ0n) is 11.1. The van der Waals surface area contributed by atoms with Gasteiger partial charge in [-0.15, -0.1) is 0 Å². The molecule has 0 aliphatic carbocycles. The molecule has 3 heteroatoms. The smallest absolute Gasteiger partial charge is 0.0346 e. The minimum absolute atomic E-state index is 0.0330. The zero-order valence-corrected chi connectivity index (χ0v) is 14.8. The Hall–Kier alpha value is -0.390. The molecule has 1 unspecified atom stereocenters.